The topological polar surface area (TPSA) is 59.4 Å². The second-order valence-electron chi connectivity index (χ2n) is 3.81. The molecule has 2 rings (SSSR count). The van der Waals surface area contributed by atoms with Crippen molar-refractivity contribution in [2.24, 2.45) is 0 Å². The van der Waals surface area contributed by atoms with E-state index in [0.29, 0.717) is 11.3 Å². The van der Waals surface area contributed by atoms with Crippen LogP contribution in [0, 0.1) is 0 Å². The number of carbonyl (C=O) groups excluding carboxylic acids is 1. The van der Waals surface area contributed by atoms with E-state index < -0.39 is 0 Å². The lowest BCUT2D eigenvalue weighted by Crippen LogP contribution is -2.06. The van der Waals surface area contributed by atoms with E-state index in [9.17, 15) is 9.90 Å². The molecule has 1 aromatic heterocycles. The van der Waals surface area contributed by atoms with E-state index in [4.69, 9.17) is 0 Å². The van der Waals surface area contributed by atoms with Crippen LogP contribution < -0.4 is 0 Å². The van der Waals surface area contributed by atoms with E-state index >= 15 is 0 Å². The Balaban J connectivity index is 2.36. The molecule has 2 aromatic rings. The maximum atomic E-state index is 11.2. The predicted molar refractivity (Wildman–Crippen MR) is 67.1 cm³/mol. The van der Waals surface area contributed by atoms with Crippen LogP contribution in [0.1, 0.15) is 5.69 Å². The van der Waals surface area contributed by atoms with Crippen LogP contribution in [-0.2, 0) is 16.0 Å². The molecule has 0 amide bonds. The standard InChI is InChI=1S/C14H13NO3/c1-18-14(17)8-11-7-12(13(16)9-15-11)10-5-3-2-4-6-10/h2-7,9,16H,8H2,1H3. The largest absolute Gasteiger partial charge is 0.506 e. The zero-order chi connectivity index (χ0) is 13.0. The molecule has 0 saturated carbocycles. The molecule has 0 radical (unpaired) electrons. The van der Waals surface area contributed by atoms with Gasteiger partial charge in [0.05, 0.1) is 25.4 Å². The molecule has 4 heteroatoms. The maximum absolute atomic E-state index is 11.2. The Hall–Kier alpha value is -2.36. The third-order valence-corrected chi connectivity index (χ3v) is 2.58. The van der Waals surface area contributed by atoms with Gasteiger partial charge < -0.3 is 9.84 Å². The number of carbonyl (C=O) groups is 1. The van der Waals surface area contributed by atoms with Gasteiger partial charge in [0.25, 0.3) is 0 Å². The Bertz CT molecular complexity index is 552. The zero-order valence-electron chi connectivity index (χ0n) is 9.96. The Kier molecular flexibility index (Phi) is 3.57. The zero-order valence-corrected chi connectivity index (χ0v) is 9.96. The second-order valence-corrected chi connectivity index (χ2v) is 3.81. The monoisotopic (exact) mass is 243 g/mol. The van der Waals surface area contributed by atoms with Gasteiger partial charge in [-0.3, -0.25) is 9.78 Å². The highest BCUT2D eigenvalue weighted by Crippen LogP contribution is 2.28. The summed E-state index contributed by atoms with van der Waals surface area (Å²) in [6.45, 7) is 0. The highest BCUT2D eigenvalue weighted by Gasteiger charge is 2.09. The maximum Gasteiger partial charge on any atom is 0.311 e. The van der Waals surface area contributed by atoms with Crippen molar-refractivity contribution in [1.29, 1.82) is 0 Å². The molecule has 0 fully saturated rings. The van der Waals surface area contributed by atoms with Crippen LogP contribution in [0.2, 0.25) is 0 Å². The predicted octanol–water partition coefficient (Wildman–Crippen LogP) is 2.17. The van der Waals surface area contributed by atoms with Crippen molar-refractivity contribution in [2.75, 3.05) is 7.11 Å². The minimum atomic E-state index is -0.354. The Morgan fingerprint density at radius 3 is 2.72 bits per heavy atom. The summed E-state index contributed by atoms with van der Waals surface area (Å²) in [4.78, 5) is 15.2. The Labute approximate surface area is 105 Å². The van der Waals surface area contributed by atoms with Gasteiger partial charge in [-0.05, 0) is 11.6 Å². The van der Waals surface area contributed by atoms with Gasteiger partial charge in [0.1, 0.15) is 5.75 Å². The normalized spacial score (nSPS) is 10.1. The molecule has 18 heavy (non-hydrogen) atoms. The molecule has 0 aliphatic heterocycles. The van der Waals surface area contributed by atoms with E-state index in [2.05, 4.69) is 9.72 Å². The van der Waals surface area contributed by atoms with Gasteiger partial charge in [0.15, 0.2) is 0 Å². The first-order valence-electron chi connectivity index (χ1n) is 5.51. The number of hydrogen-bond acceptors (Lipinski definition) is 4. The van der Waals surface area contributed by atoms with E-state index in [0.717, 1.165) is 5.56 Å². The smallest absolute Gasteiger partial charge is 0.311 e. The molecule has 4 nitrogen and oxygen atoms in total. The fourth-order valence-corrected chi connectivity index (χ4v) is 1.66. The van der Waals surface area contributed by atoms with Crippen molar-refractivity contribution in [2.45, 2.75) is 6.42 Å². The van der Waals surface area contributed by atoms with Crippen LogP contribution in [0.15, 0.2) is 42.6 Å². The van der Waals surface area contributed by atoms with Crippen molar-refractivity contribution in [3.8, 4) is 16.9 Å². The minimum absolute atomic E-state index is 0.0924. The SMILES string of the molecule is COC(=O)Cc1cc(-c2ccccc2)c(O)cn1. The third kappa shape index (κ3) is 2.66. The number of aromatic hydroxyl groups is 1. The molecule has 1 aromatic carbocycles. The lowest BCUT2D eigenvalue weighted by atomic mass is 10.0. The number of methoxy groups -OCH3 is 1. The van der Waals surface area contributed by atoms with Gasteiger partial charge in [0, 0.05) is 5.56 Å². The molecule has 0 spiro atoms. The molecule has 0 aliphatic rings. The number of aromatic nitrogens is 1. The van der Waals surface area contributed by atoms with Gasteiger partial charge in [-0.2, -0.15) is 0 Å². The third-order valence-electron chi connectivity index (χ3n) is 2.58. The fraction of sp³-hybridized carbons (Fsp3) is 0.143. The first-order chi connectivity index (χ1) is 8.70. The molecule has 0 unspecified atom stereocenters. The molecular weight excluding hydrogens is 230 g/mol. The molecule has 0 saturated heterocycles. The van der Waals surface area contributed by atoms with Gasteiger partial charge in [0.2, 0.25) is 0 Å². The highest BCUT2D eigenvalue weighted by molar-refractivity contribution is 5.74. The first-order valence-corrected chi connectivity index (χ1v) is 5.51. The molecule has 1 N–H and O–H groups in total. The molecule has 92 valence electrons. The van der Waals surface area contributed by atoms with Crippen molar-refractivity contribution in [3.05, 3.63) is 48.3 Å². The van der Waals surface area contributed by atoms with E-state index in [-0.39, 0.29) is 18.1 Å². The lowest BCUT2D eigenvalue weighted by Gasteiger charge is -2.06. The quantitative estimate of drug-likeness (QED) is 0.839. The Morgan fingerprint density at radius 1 is 1.33 bits per heavy atom. The number of benzene rings is 1. The van der Waals surface area contributed by atoms with E-state index in [1.807, 2.05) is 30.3 Å². The summed E-state index contributed by atoms with van der Waals surface area (Å²) in [5.74, 6) is -0.262. The fourth-order valence-electron chi connectivity index (χ4n) is 1.66. The summed E-state index contributed by atoms with van der Waals surface area (Å²) < 4.78 is 4.59. The van der Waals surface area contributed by atoms with E-state index in [1.165, 1.54) is 13.3 Å². The van der Waals surface area contributed by atoms with Crippen molar-refractivity contribution >= 4 is 5.97 Å². The highest BCUT2D eigenvalue weighted by atomic mass is 16.5. The Morgan fingerprint density at radius 2 is 2.06 bits per heavy atom. The molecule has 0 aliphatic carbocycles. The minimum Gasteiger partial charge on any atom is -0.506 e. The molecular formula is C14H13NO3. The summed E-state index contributed by atoms with van der Waals surface area (Å²) >= 11 is 0. The molecule has 0 bridgehead atoms. The average molecular weight is 243 g/mol. The number of ether oxygens (including phenoxy) is 1. The van der Waals surface area contributed by atoms with Crippen LogP contribution in [-0.4, -0.2) is 23.2 Å². The number of rotatable bonds is 3. The van der Waals surface area contributed by atoms with E-state index in [1.54, 1.807) is 6.07 Å². The van der Waals surface area contributed by atoms with Crippen LogP contribution in [0.5, 0.6) is 5.75 Å². The van der Waals surface area contributed by atoms with Crippen LogP contribution in [0.25, 0.3) is 11.1 Å². The summed E-state index contributed by atoms with van der Waals surface area (Å²) in [5.41, 5.74) is 2.10. The summed E-state index contributed by atoms with van der Waals surface area (Å²) in [6, 6.07) is 11.1. The van der Waals surface area contributed by atoms with Gasteiger partial charge in [-0.1, -0.05) is 30.3 Å². The number of pyridine rings is 1. The van der Waals surface area contributed by atoms with Gasteiger partial charge in [-0.15, -0.1) is 0 Å². The van der Waals surface area contributed by atoms with Crippen LogP contribution in [0.3, 0.4) is 0 Å². The molecule has 0 atom stereocenters. The number of nitrogens with zero attached hydrogens (tertiary/aromatic N) is 1. The number of hydrogen-bond donors (Lipinski definition) is 1. The van der Waals surface area contributed by atoms with Crippen LogP contribution in [0.4, 0.5) is 0 Å². The summed E-state index contributed by atoms with van der Waals surface area (Å²) in [5, 5.41) is 9.80. The van der Waals surface area contributed by atoms with Gasteiger partial charge in [-0.25, -0.2) is 0 Å². The second kappa shape index (κ2) is 5.31. The number of esters is 1. The van der Waals surface area contributed by atoms with Crippen LogP contribution >= 0.6 is 0 Å². The molecule has 1 heterocycles. The first kappa shape index (κ1) is 12.1. The summed E-state index contributed by atoms with van der Waals surface area (Å²) in [7, 11) is 1.33. The lowest BCUT2D eigenvalue weighted by molar-refractivity contribution is -0.139. The van der Waals surface area contributed by atoms with Crippen molar-refractivity contribution in [1.82, 2.24) is 4.98 Å². The van der Waals surface area contributed by atoms with Crippen molar-refractivity contribution in [3.63, 3.8) is 0 Å². The van der Waals surface area contributed by atoms with Gasteiger partial charge >= 0.3 is 5.97 Å². The summed E-state index contributed by atoms with van der Waals surface area (Å²) in [6.07, 6.45) is 1.44. The average Bonchev–Trinajstić information content (AvgIpc) is 2.42. The van der Waals surface area contributed by atoms with Crippen molar-refractivity contribution < 1.29 is 14.6 Å².